The van der Waals surface area contributed by atoms with Gasteiger partial charge in [-0.25, -0.2) is 0 Å². The van der Waals surface area contributed by atoms with Crippen molar-refractivity contribution in [2.24, 2.45) is 0 Å². The van der Waals surface area contributed by atoms with Gasteiger partial charge in [0.25, 0.3) is 11.7 Å². The first-order valence-corrected chi connectivity index (χ1v) is 7.14. The van der Waals surface area contributed by atoms with Gasteiger partial charge in [-0.05, 0) is 35.4 Å². The molecular weight excluding hydrogens is 298 g/mol. The summed E-state index contributed by atoms with van der Waals surface area (Å²) in [5, 5.41) is 10.9. The van der Waals surface area contributed by atoms with Crippen LogP contribution < -0.4 is 9.64 Å². The molecule has 0 fully saturated rings. The molecule has 0 aliphatic carbocycles. The van der Waals surface area contributed by atoms with E-state index in [9.17, 15) is 14.9 Å². The lowest BCUT2D eigenvalue weighted by molar-refractivity contribution is -0.389. The van der Waals surface area contributed by atoms with Crippen molar-refractivity contribution in [2.45, 2.75) is 26.5 Å². The molecule has 0 bridgehead atoms. The van der Waals surface area contributed by atoms with Crippen molar-refractivity contribution in [3.05, 3.63) is 57.6 Å². The van der Waals surface area contributed by atoms with Gasteiger partial charge in [0.2, 0.25) is 0 Å². The van der Waals surface area contributed by atoms with E-state index in [0.29, 0.717) is 5.75 Å². The predicted molar refractivity (Wildman–Crippen MR) is 83.4 cm³/mol. The number of carbonyl (C=O) groups is 1. The van der Waals surface area contributed by atoms with Gasteiger partial charge < -0.3 is 14.9 Å². The van der Waals surface area contributed by atoms with Gasteiger partial charge in [-0.1, -0.05) is 29.8 Å². The molecule has 0 spiro atoms. The average Bonchev–Trinajstić information content (AvgIpc) is 2.53. The molecule has 1 aliphatic heterocycles. The second-order valence-corrected chi connectivity index (χ2v) is 5.42. The molecule has 23 heavy (non-hydrogen) atoms. The average molecular weight is 313 g/mol. The second-order valence-electron chi connectivity index (χ2n) is 5.42. The maximum Gasteiger partial charge on any atom is 0.366 e. The molecule has 3 rings (SSSR count). The van der Waals surface area contributed by atoms with Crippen LogP contribution in [0.4, 0.5) is 11.6 Å². The Hall–Kier alpha value is -2.96. The van der Waals surface area contributed by atoms with Gasteiger partial charge in [0, 0.05) is 6.07 Å². The molecule has 118 valence electrons. The summed E-state index contributed by atoms with van der Waals surface area (Å²) in [5.41, 5.74) is 2.03. The number of rotatable bonds is 3. The van der Waals surface area contributed by atoms with Crippen LogP contribution in [0.15, 0.2) is 36.4 Å². The number of carbonyl (C=O) groups excluding carboxylic acids is 1. The number of pyridine rings is 1. The van der Waals surface area contributed by atoms with E-state index in [1.54, 1.807) is 6.92 Å². The molecule has 0 saturated carbocycles. The molecule has 0 radical (unpaired) electrons. The summed E-state index contributed by atoms with van der Waals surface area (Å²) in [6, 6.07) is 10.5. The molecule has 1 aromatic carbocycles. The molecule has 2 heterocycles. The number of aryl methyl sites for hydroxylation is 1. The van der Waals surface area contributed by atoms with Crippen LogP contribution in [0.2, 0.25) is 0 Å². The summed E-state index contributed by atoms with van der Waals surface area (Å²) < 4.78 is 5.49. The number of amides is 1. The molecule has 0 N–H and O–H groups in total. The maximum absolute atomic E-state index is 12.4. The third-order valence-electron chi connectivity index (χ3n) is 3.65. The Bertz CT molecular complexity index is 773. The first kappa shape index (κ1) is 15.0. The zero-order valence-corrected chi connectivity index (χ0v) is 12.7. The Balaban J connectivity index is 2.01. The van der Waals surface area contributed by atoms with Gasteiger partial charge in [-0.2, -0.15) is 0 Å². The summed E-state index contributed by atoms with van der Waals surface area (Å²) >= 11 is 0. The van der Waals surface area contributed by atoms with Crippen molar-refractivity contribution in [2.75, 3.05) is 4.90 Å². The predicted octanol–water partition coefficient (Wildman–Crippen LogP) is 2.61. The molecule has 7 heteroatoms. The number of hydrogen-bond donors (Lipinski definition) is 0. The number of benzene rings is 1. The first-order chi connectivity index (χ1) is 11.0. The number of fused-ring (bicyclic) bond motifs is 1. The van der Waals surface area contributed by atoms with Gasteiger partial charge in [-0.3, -0.25) is 9.69 Å². The van der Waals surface area contributed by atoms with Crippen LogP contribution in [0.5, 0.6) is 5.75 Å². The largest absolute Gasteiger partial charge is 0.475 e. The summed E-state index contributed by atoms with van der Waals surface area (Å²) in [5.74, 6) is -0.0348. The fraction of sp³-hybridized carbons (Fsp3) is 0.250. The van der Waals surface area contributed by atoms with E-state index >= 15 is 0 Å². The van der Waals surface area contributed by atoms with Crippen molar-refractivity contribution >= 4 is 17.5 Å². The van der Waals surface area contributed by atoms with Crippen LogP contribution in [-0.4, -0.2) is 21.9 Å². The molecule has 7 nitrogen and oxygen atoms in total. The minimum Gasteiger partial charge on any atom is -0.475 e. The van der Waals surface area contributed by atoms with Crippen molar-refractivity contribution < 1.29 is 14.5 Å². The Morgan fingerprint density at radius 1 is 1.26 bits per heavy atom. The normalized spacial score (nSPS) is 16.7. The van der Waals surface area contributed by atoms with Gasteiger partial charge in [-0.15, -0.1) is 0 Å². The third-order valence-corrected chi connectivity index (χ3v) is 3.65. The van der Waals surface area contributed by atoms with E-state index in [-0.39, 0.29) is 24.1 Å². The standard InChI is InChI=1S/C16H15N3O4/c1-10-3-5-12(6-4-10)9-18-15-13(23-11(2)16(18)20)7-8-14(17-15)19(21)22/h3-8,11H,9H2,1-2H3. The highest BCUT2D eigenvalue weighted by Gasteiger charge is 2.36. The fourth-order valence-corrected chi connectivity index (χ4v) is 2.41. The molecule has 1 atom stereocenters. The number of anilines is 1. The van der Waals surface area contributed by atoms with E-state index in [2.05, 4.69) is 4.98 Å². The van der Waals surface area contributed by atoms with E-state index < -0.39 is 11.0 Å². The van der Waals surface area contributed by atoms with Gasteiger partial charge >= 0.3 is 5.82 Å². The fourth-order valence-electron chi connectivity index (χ4n) is 2.41. The van der Waals surface area contributed by atoms with Crippen LogP contribution in [0, 0.1) is 17.0 Å². The van der Waals surface area contributed by atoms with Crippen molar-refractivity contribution in [3.63, 3.8) is 0 Å². The molecule has 1 unspecified atom stereocenters. The molecule has 2 aromatic rings. The topological polar surface area (TPSA) is 85.6 Å². The molecule has 1 aliphatic rings. The lowest BCUT2D eigenvalue weighted by atomic mass is 10.1. The summed E-state index contributed by atoms with van der Waals surface area (Å²) in [6.45, 7) is 3.91. The summed E-state index contributed by atoms with van der Waals surface area (Å²) in [6.07, 6.45) is -0.656. The SMILES string of the molecule is Cc1ccc(CN2C(=O)C(C)Oc3ccc([N+](=O)[O-])nc32)cc1. The zero-order valence-electron chi connectivity index (χ0n) is 12.7. The lowest BCUT2D eigenvalue weighted by Gasteiger charge is -2.29. The Kier molecular flexibility index (Phi) is 3.69. The number of ether oxygens (including phenoxy) is 1. The van der Waals surface area contributed by atoms with E-state index in [0.717, 1.165) is 11.1 Å². The maximum atomic E-state index is 12.4. The summed E-state index contributed by atoms with van der Waals surface area (Å²) in [4.78, 5) is 28.2. The number of aromatic nitrogens is 1. The second kappa shape index (κ2) is 5.68. The highest BCUT2D eigenvalue weighted by atomic mass is 16.6. The highest BCUT2D eigenvalue weighted by molar-refractivity contribution is 5.98. The van der Waals surface area contributed by atoms with Crippen molar-refractivity contribution in [1.82, 2.24) is 4.98 Å². The molecule has 1 aromatic heterocycles. The van der Waals surface area contributed by atoms with E-state index in [1.807, 2.05) is 31.2 Å². The van der Waals surface area contributed by atoms with Crippen LogP contribution in [-0.2, 0) is 11.3 Å². The number of nitro groups is 1. The molecule has 1 amide bonds. The van der Waals surface area contributed by atoms with Gasteiger partial charge in [0.05, 0.1) is 6.54 Å². The molecule has 0 saturated heterocycles. The van der Waals surface area contributed by atoms with E-state index in [1.165, 1.54) is 17.0 Å². The lowest BCUT2D eigenvalue weighted by Crippen LogP contribution is -2.44. The Morgan fingerprint density at radius 2 is 1.96 bits per heavy atom. The monoisotopic (exact) mass is 313 g/mol. The zero-order chi connectivity index (χ0) is 16.6. The van der Waals surface area contributed by atoms with Crippen molar-refractivity contribution in [3.8, 4) is 5.75 Å². The van der Waals surface area contributed by atoms with Crippen LogP contribution in [0.3, 0.4) is 0 Å². The van der Waals surface area contributed by atoms with Gasteiger partial charge in [0.1, 0.15) is 0 Å². The Morgan fingerprint density at radius 3 is 2.61 bits per heavy atom. The number of hydrogen-bond acceptors (Lipinski definition) is 5. The van der Waals surface area contributed by atoms with E-state index in [4.69, 9.17) is 4.74 Å². The minimum absolute atomic E-state index is 0.183. The highest BCUT2D eigenvalue weighted by Crippen LogP contribution is 2.34. The smallest absolute Gasteiger partial charge is 0.366 e. The Labute approximate surface area is 132 Å². The minimum atomic E-state index is -0.656. The third kappa shape index (κ3) is 2.85. The molecular formula is C16H15N3O4. The summed E-state index contributed by atoms with van der Waals surface area (Å²) in [7, 11) is 0. The quantitative estimate of drug-likeness (QED) is 0.642. The number of nitrogens with zero attached hydrogens (tertiary/aromatic N) is 3. The van der Waals surface area contributed by atoms with Gasteiger partial charge in [0.15, 0.2) is 11.9 Å². The van der Waals surface area contributed by atoms with Crippen LogP contribution in [0.1, 0.15) is 18.1 Å². The first-order valence-electron chi connectivity index (χ1n) is 7.14. The van der Waals surface area contributed by atoms with Crippen molar-refractivity contribution in [1.29, 1.82) is 0 Å². The van der Waals surface area contributed by atoms with Crippen LogP contribution >= 0.6 is 0 Å². The van der Waals surface area contributed by atoms with Crippen LogP contribution in [0.25, 0.3) is 0 Å².